The molecule has 0 amide bonds. The molecule has 0 radical (unpaired) electrons. The zero-order valence-electron chi connectivity index (χ0n) is 13.0. The Labute approximate surface area is 127 Å². The van der Waals surface area contributed by atoms with Crippen LogP contribution >= 0.6 is 0 Å². The molecule has 1 saturated carbocycles. The van der Waals surface area contributed by atoms with Crippen molar-refractivity contribution in [3.8, 4) is 0 Å². The predicted octanol–water partition coefficient (Wildman–Crippen LogP) is 3.71. The summed E-state index contributed by atoms with van der Waals surface area (Å²) >= 11 is 0. The highest BCUT2D eigenvalue weighted by Crippen LogP contribution is 2.21. The van der Waals surface area contributed by atoms with E-state index in [1.807, 2.05) is 0 Å². The van der Waals surface area contributed by atoms with E-state index < -0.39 is 0 Å². The molecule has 3 rings (SSSR count). The molecule has 0 unspecified atom stereocenters. The normalized spacial score (nSPS) is 14.9. The number of hydrogen-bond donors (Lipinski definition) is 1. The molecule has 1 aliphatic rings. The summed E-state index contributed by atoms with van der Waals surface area (Å²) in [7, 11) is 0. The Morgan fingerprint density at radius 3 is 2.95 bits per heavy atom. The fourth-order valence-electron chi connectivity index (χ4n) is 2.60. The van der Waals surface area contributed by atoms with Crippen molar-refractivity contribution in [1.82, 2.24) is 9.88 Å². The first-order chi connectivity index (χ1) is 10.4. The largest absolute Gasteiger partial charge is 0.380 e. The number of rotatable bonds is 9. The Balaban J connectivity index is 1.59. The maximum Gasteiger partial charge on any atom is 0.0645 e. The van der Waals surface area contributed by atoms with E-state index in [1.165, 1.54) is 35.7 Å². The Bertz CT molecular complexity index is 572. The minimum absolute atomic E-state index is 0.763. The van der Waals surface area contributed by atoms with Crippen molar-refractivity contribution >= 4 is 10.9 Å². The maximum atomic E-state index is 5.68. The molecule has 1 aromatic carbocycles. The number of benzene rings is 1. The van der Waals surface area contributed by atoms with Crippen LogP contribution in [0, 0.1) is 0 Å². The van der Waals surface area contributed by atoms with Crippen LogP contribution in [0.1, 0.15) is 38.2 Å². The molecule has 1 aliphatic carbocycles. The van der Waals surface area contributed by atoms with Crippen molar-refractivity contribution in [2.45, 2.75) is 51.7 Å². The first-order valence-corrected chi connectivity index (χ1v) is 8.25. The standard InChI is InChI=1S/C18H26N2O/c1-2-3-11-21-12-10-20-9-8-16-5-4-15(13-18(16)20)14-19-17-6-7-17/h4-5,8-9,13,17,19H,2-3,6-7,10-12,14H2,1H3. The summed E-state index contributed by atoms with van der Waals surface area (Å²) in [6.45, 7) is 5.80. The van der Waals surface area contributed by atoms with E-state index in [-0.39, 0.29) is 0 Å². The summed E-state index contributed by atoms with van der Waals surface area (Å²) in [5.74, 6) is 0. The molecule has 1 N–H and O–H groups in total. The highest BCUT2D eigenvalue weighted by atomic mass is 16.5. The van der Waals surface area contributed by atoms with E-state index in [0.29, 0.717) is 0 Å². The lowest BCUT2D eigenvalue weighted by atomic mass is 10.1. The van der Waals surface area contributed by atoms with Gasteiger partial charge in [0, 0.05) is 37.5 Å². The fraction of sp³-hybridized carbons (Fsp3) is 0.556. The molecule has 0 saturated heterocycles. The highest BCUT2D eigenvalue weighted by molar-refractivity contribution is 5.80. The quantitative estimate of drug-likeness (QED) is 0.711. The van der Waals surface area contributed by atoms with E-state index in [2.05, 4.69) is 47.3 Å². The lowest BCUT2D eigenvalue weighted by Gasteiger charge is -2.08. The molecule has 114 valence electrons. The number of fused-ring (bicyclic) bond motifs is 1. The summed E-state index contributed by atoms with van der Waals surface area (Å²) in [5, 5.41) is 4.90. The van der Waals surface area contributed by atoms with E-state index in [0.717, 1.165) is 38.8 Å². The Hall–Kier alpha value is -1.32. The molecule has 0 aliphatic heterocycles. The summed E-state index contributed by atoms with van der Waals surface area (Å²) in [4.78, 5) is 0. The first-order valence-electron chi connectivity index (χ1n) is 8.25. The van der Waals surface area contributed by atoms with Crippen molar-refractivity contribution in [2.24, 2.45) is 0 Å². The lowest BCUT2D eigenvalue weighted by Crippen LogP contribution is -2.15. The van der Waals surface area contributed by atoms with Crippen molar-refractivity contribution < 1.29 is 4.74 Å². The van der Waals surface area contributed by atoms with Gasteiger partial charge in [-0.2, -0.15) is 0 Å². The number of aromatic nitrogens is 1. The van der Waals surface area contributed by atoms with E-state index in [9.17, 15) is 0 Å². The van der Waals surface area contributed by atoms with Gasteiger partial charge in [0.1, 0.15) is 0 Å². The van der Waals surface area contributed by atoms with Gasteiger partial charge in [0.05, 0.1) is 6.61 Å². The van der Waals surface area contributed by atoms with E-state index >= 15 is 0 Å². The van der Waals surface area contributed by atoms with Gasteiger partial charge in [0.25, 0.3) is 0 Å². The van der Waals surface area contributed by atoms with Crippen LogP contribution in [0.25, 0.3) is 10.9 Å². The van der Waals surface area contributed by atoms with E-state index in [4.69, 9.17) is 4.74 Å². The summed E-state index contributed by atoms with van der Waals surface area (Å²) in [5.41, 5.74) is 2.70. The zero-order valence-corrected chi connectivity index (χ0v) is 13.0. The van der Waals surface area contributed by atoms with Gasteiger partial charge in [0.15, 0.2) is 0 Å². The third-order valence-corrected chi connectivity index (χ3v) is 4.13. The van der Waals surface area contributed by atoms with Gasteiger partial charge >= 0.3 is 0 Å². The van der Waals surface area contributed by atoms with Crippen molar-refractivity contribution in [3.05, 3.63) is 36.0 Å². The molecule has 0 atom stereocenters. The molecule has 0 bridgehead atoms. The topological polar surface area (TPSA) is 26.2 Å². The van der Waals surface area contributed by atoms with Gasteiger partial charge in [-0.3, -0.25) is 0 Å². The molecule has 3 nitrogen and oxygen atoms in total. The van der Waals surface area contributed by atoms with Gasteiger partial charge in [-0.15, -0.1) is 0 Å². The fourth-order valence-corrected chi connectivity index (χ4v) is 2.60. The van der Waals surface area contributed by atoms with Crippen molar-refractivity contribution in [3.63, 3.8) is 0 Å². The van der Waals surface area contributed by atoms with Crippen LogP contribution in [-0.2, 0) is 17.8 Å². The average Bonchev–Trinajstić information content (AvgIpc) is 3.25. The average molecular weight is 286 g/mol. The van der Waals surface area contributed by atoms with Crippen LogP contribution in [0.5, 0.6) is 0 Å². The molecule has 21 heavy (non-hydrogen) atoms. The molecule has 1 aromatic heterocycles. The summed E-state index contributed by atoms with van der Waals surface area (Å²) < 4.78 is 7.99. The van der Waals surface area contributed by atoms with Gasteiger partial charge < -0.3 is 14.6 Å². The molecule has 3 heteroatoms. The smallest absolute Gasteiger partial charge is 0.0645 e. The summed E-state index contributed by atoms with van der Waals surface area (Å²) in [6, 6.07) is 9.74. The molecule has 1 heterocycles. The van der Waals surface area contributed by atoms with Crippen LogP contribution in [0.4, 0.5) is 0 Å². The molecular weight excluding hydrogens is 260 g/mol. The predicted molar refractivity (Wildman–Crippen MR) is 87.5 cm³/mol. The molecule has 1 fully saturated rings. The van der Waals surface area contributed by atoms with Gasteiger partial charge in [-0.05, 0) is 42.3 Å². The second kappa shape index (κ2) is 7.10. The lowest BCUT2D eigenvalue weighted by molar-refractivity contribution is 0.124. The zero-order chi connectivity index (χ0) is 14.5. The van der Waals surface area contributed by atoms with Crippen molar-refractivity contribution in [1.29, 1.82) is 0 Å². The van der Waals surface area contributed by atoms with Crippen LogP contribution in [-0.4, -0.2) is 23.8 Å². The second-order valence-electron chi connectivity index (χ2n) is 6.02. The molecular formula is C18H26N2O. The first kappa shape index (κ1) is 14.6. The number of hydrogen-bond acceptors (Lipinski definition) is 2. The second-order valence-corrected chi connectivity index (χ2v) is 6.02. The molecule has 0 spiro atoms. The Kier molecular flexibility index (Phi) is 4.94. The number of unbranched alkanes of at least 4 members (excludes halogenated alkanes) is 1. The number of nitrogens with one attached hydrogen (secondary N) is 1. The van der Waals surface area contributed by atoms with Crippen LogP contribution < -0.4 is 5.32 Å². The third-order valence-electron chi connectivity index (χ3n) is 4.13. The Morgan fingerprint density at radius 1 is 1.24 bits per heavy atom. The number of nitrogens with zero attached hydrogens (tertiary/aromatic N) is 1. The number of ether oxygens (including phenoxy) is 1. The van der Waals surface area contributed by atoms with Crippen molar-refractivity contribution in [2.75, 3.05) is 13.2 Å². The minimum Gasteiger partial charge on any atom is -0.380 e. The molecule has 2 aromatic rings. The Morgan fingerprint density at radius 2 is 2.14 bits per heavy atom. The van der Waals surface area contributed by atoms with Crippen LogP contribution in [0.3, 0.4) is 0 Å². The summed E-state index contributed by atoms with van der Waals surface area (Å²) in [6.07, 6.45) is 7.21. The van der Waals surface area contributed by atoms with Gasteiger partial charge in [0.2, 0.25) is 0 Å². The third kappa shape index (κ3) is 4.08. The SMILES string of the molecule is CCCCOCCn1ccc2ccc(CNC3CC3)cc21. The van der Waals surface area contributed by atoms with Gasteiger partial charge in [-0.1, -0.05) is 25.5 Å². The van der Waals surface area contributed by atoms with Gasteiger partial charge in [-0.25, -0.2) is 0 Å². The van der Waals surface area contributed by atoms with Crippen LogP contribution in [0.15, 0.2) is 30.5 Å². The van der Waals surface area contributed by atoms with E-state index in [1.54, 1.807) is 0 Å². The van der Waals surface area contributed by atoms with Crippen LogP contribution in [0.2, 0.25) is 0 Å². The maximum absolute atomic E-state index is 5.68. The minimum atomic E-state index is 0.763. The highest BCUT2D eigenvalue weighted by Gasteiger charge is 2.19. The monoisotopic (exact) mass is 286 g/mol.